The summed E-state index contributed by atoms with van der Waals surface area (Å²) in [6, 6.07) is 12.4. The van der Waals surface area contributed by atoms with Crippen LogP contribution in [0, 0.1) is 29.6 Å². The molecular formula is C26H18BrF3N2O3S2. The van der Waals surface area contributed by atoms with Gasteiger partial charge in [0.05, 0.1) is 28.1 Å². The quantitative estimate of drug-likeness (QED) is 0.369. The van der Waals surface area contributed by atoms with E-state index in [1.165, 1.54) is 23.5 Å². The van der Waals surface area contributed by atoms with Gasteiger partial charge < -0.3 is 4.98 Å². The summed E-state index contributed by atoms with van der Waals surface area (Å²) in [6.45, 7) is 0. The molecule has 7 rings (SSSR count). The summed E-state index contributed by atoms with van der Waals surface area (Å²) in [5.74, 6) is -2.19. The molecule has 3 fully saturated rings. The first kappa shape index (κ1) is 23.7. The molecule has 2 aromatic carbocycles. The number of nitrogens with zero attached hydrogens (tertiary/aromatic N) is 1. The molecule has 3 heterocycles. The third-order valence-electron chi connectivity index (χ3n) is 8.38. The van der Waals surface area contributed by atoms with Crippen molar-refractivity contribution < 1.29 is 22.8 Å². The van der Waals surface area contributed by atoms with Gasteiger partial charge in [0.25, 0.3) is 0 Å². The first-order valence-corrected chi connectivity index (χ1v) is 14.3. The van der Waals surface area contributed by atoms with E-state index in [1.807, 2.05) is 24.3 Å². The van der Waals surface area contributed by atoms with Gasteiger partial charge in [-0.1, -0.05) is 45.5 Å². The Labute approximate surface area is 225 Å². The van der Waals surface area contributed by atoms with Crippen molar-refractivity contribution in [2.45, 2.75) is 28.8 Å². The van der Waals surface area contributed by atoms with Crippen molar-refractivity contribution in [3.63, 3.8) is 0 Å². The molecule has 0 radical (unpaired) electrons. The average molecular weight is 607 g/mol. The van der Waals surface area contributed by atoms with E-state index in [4.69, 9.17) is 0 Å². The van der Waals surface area contributed by atoms with E-state index in [2.05, 4.69) is 20.9 Å². The highest BCUT2D eigenvalue weighted by Gasteiger charge is 2.69. The highest BCUT2D eigenvalue weighted by atomic mass is 79.9. The van der Waals surface area contributed by atoms with Crippen LogP contribution in [-0.4, -0.2) is 22.0 Å². The number of thioether (sulfide) groups is 1. The van der Waals surface area contributed by atoms with Crippen molar-refractivity contribution >= 4 is 56.5 Å². The molecule has 2 aliphatic heterocycles. The molecular weight excluding hydrogens is 589 g/mol. The van der Waals surface area contributed by atoms with Crippen LogP contribution >= 0.6 is 39.0 Å². The van der Waals surface area contributed by atoms with Gasteiger partial charge in [-0.25, -0.2) is 0 Å². The monoisotopic (exact) mass is 606 g/mol. The zero-order chi connectivity index (χ0) is 25.8. The van der Waals surface area contributed by atoms with Crippen LogP contribution in [0.5, 0.6) is 0 Å². The van der Waals surface area contributed by atoms with Crippen molar-refractivity contribution in [3.8, 4) is 0 Å². The second-order valence-corrected chi connectivity index (χ2v) is 13.2. The number of imide groups is 1. The molecule has 3 aromatic rings. The van der Waals surface area contributed by atoms with E-state index in [9.17, 15) is 27.6 Å². The highest BCUT2D eigenvalue weighted by molar-refractivity contribution is 9.10. The summed E-state index contributed by atoms with van der Waals surface area (Å²) >= 11 is 6.25. The van der Waals surface area contributed by atoms with E-state index in [-0.39, 0.29) is 39.5 Å². The Morgan fingerprint density at radius 3 is 2.38 bits per heavy atom. The van der Waals surface area contributed by atoms with E-state index < -0.39 is 35.4 Å². The first-order valence-electron chi connectivity index (χ1n) is 11.8. The van der Waals surface area contributed by atoms with E-state index in [0.717, 1.165) is 43.4 Å². The molecule has 1 saturated heterocycles. The molecule has 5 nitrogen and oxygen atoms in total. The van der Waals surface area contributed by atoms with Gasteiger partial charge in [-0.2, -0.15) is 13.2 Å². The van der Waals surface area contributed by atoms with Gasteiger partial charge in [-0.3, -0.25) is 19.3 Å². The lowest BCUT2D eigenvalue weighted by Gasteiger charge is -2.43. The first-order chi connectivity index (χ1) is 17.6. The number of aromatic amines is 1. The molecule has 0 spiro atoms. The van der Waals surface area contributed by atoms with Gasteiger partial charge in [0, 0.05) is 20.5 Å². The lowest BCUT2D eigenvalue weighted by Crippen LogP contribution is -2.42. The maximum absolute atomic E-state index is 13.7. The Morgan fingerprint density at radius 1 is 0.973 bits per heavy atom. The second kappa shape index (κ2) is 8.07. The van der Waals surface area contributed by atoms with Crippen molar-refractivity contribution in [1.29, 1.82) is 0 Å². The number of fused-ring (bicyclic) bond motifs is 9. The minimum atomic E-state index is -4.57. The molecule has 2 aliphatic carbocycles. The van der Waals surface area contributed by atoms with Crippen LogP contribution in [0.4, 0.5) is 18.9 Å². The molecule has 2 bridgehead atoms. The van der Waals surface area contributed by atoms with Crippen LogP contribution in [-0.2, 0) is 15.8 Å². The van der Waals surface area contributed by atoms with Gasteiger partial charge in [0.15, 0.2) is 0 Å². The summed E-state index contributed by atoms with van der Waals surface area (Å²) in [4.78, 5) is 44.4. The van der Waals surface area contributed by atoms with Crippen LogP contribution in [0.3, 0.4) is 0 Å². The third-order valence-corrected chi connectivity index (χ3v) is 11.5. The Balaban J connectivity index is 1.30. The minimum absolute atomic E-state index is 0.0239. The number of hydrogen-bond donors (Lipinski definition) is 1. The predicted octanol–water partition coefficient (Wildman–Crippen LogP) is 5.90. The molecule has 0 unspecified atom stereocenters. The number of carbonyl (C=O) groups excluding carboxylic acids is 2. The van der Waals surface area contributed by atoms with Crippen LogP contribution in [0.25, 0.3) is 0 Å². The Kier molecular flexibility index (Phi) is 5.17. The number of H-pyrrole nitrogens is 1. The lowest BCUT2D eigenvalue weighted by atomic mass is 9.68. The SMILES string of the molecule is O=C1[C@H]2[C@@H]3C[C@@H]([C@@H]2C(=O)N1c1cccc(C(F)(F)F)c1)[C@H]1[C@H](c2ccc(Br)cc2)c2sc(=O)[nH]c2S[C@H]31. The second-order valence-electron chi connectivity index (χ2n) is 10.1. The van der Waals surface area contributed by atoms with Crippen molar-refractivity contribution in [2.75, 3.05) is 4.90 Å². The number of carbonyl (C=O) groups is 2. The normalized spacial score (nSPS) is 32.0. The summed E-state index contributed by atoms with van der Waals surface area (Å²) in [7, 11) is 0. The maximum atomic E-state index is 13.7. The zero-order valence-corrected chi connectivity index (χ0v) is 22.1. The van der Waals surface area contributed by atoms with Crippen molar-refractivity contribution in [1.82, 2.24) is 4.98 Å². The summed E-state index contributed by atoms with van der Waals surface area (Å²) in [5, 5.41) is 0.843. The number of hydrogen-bond acceptors (Lipinski definition) is 5. The standard InChI is InChI=1S/C26H18BrF3N2O3S2/c27-12-6-4-10(5-7-12)16-17-14-9-15(20(17)36-22-21(16)37-25(35)31-22)19-18(14)23(33)32(24(19)34)13-3-1-2-11(8-13)26(28,29)30/h1-8,14-20H,9H2,(H,31,35)/t14-,15+,16+,17+,18+,19+,20-/m1/s1. The minimum Gasteiger partial charge on any atom is -0.307 e. The summed E-state index contributed by atoms with van der Waals surface area (Å²) in [5.41, 5.74) is 0.131. The number of alkyl halides is 3. The van der Waals surface area contributed by atoms with Gasteiger partial charge >= 0.3 is 11.0 Å². The maximum Gasteiger partial charge on any atom is 0.416 e. The molecule has 2 saturated carbocycles. The van der Waals surface area contributed by atoms with Gasteiger partial charge in [0.1, 0.15) is 0 Å². The van der Waals surface area contributed by atoms with Crippen LogP contribution in [0.1, 0.15) is 28.3 Å². The molecule has 2 amide bonds. The molecule has 37 heavy (non-hydrogen) atoms. The number of thiazole rings is 1. The lowest BCUT2D eigenvalue weighted by molar-refractivity contribution is -0.137. The number of rotatable bonds is 2. The topological polar surface area (TPSA) is 70.2 Å². The van der Waals surface area contributed by atoms with E-state index >= 15 is 0 Å². The van der Waals surface area contributed by atoms with E-state index in [0.29, 0.717) is 0 Å². The number of nitrogens with one attached hydrogen (secondary N) is 1. The number of benzene rings is 2. The van der Waals surface area contributed by atoms with Crippen LogP contribution < -0.4 is 9.77 Å². The summed E-state index contributed by atoms with van der Waals surface area (Å²) in [6.07, 6.45) is -3.85. The smallest absolute Gasteiger partial charge is 0.307 e. The number of anilines is 1. The van der Waals surface area contributed by atoms with Gasteiger partial charge in [-0.15, -0.1) is 11.8 Å². The number of aromatic nitrogens is 1. The Morgan fingerprint density at radius 2 is 1.68 bits per heavy atom. The fourth-order valence-electron chi connectivity index (χ4n) is 7.14. The number of amides is 2. The van der Waals surface area contributed by atoms with Crippen molar-refractivity contribution in [3.05, 3.63) is 78.7 Å². The van der Waals surface area contributed by atoms with Gasteiger partial charge in [-0.05, 0) is 60.1 Å². The van der Waals surface area contributed by atoms with Gasteiger partial charge in [0.2, 0.25) is 11.8 Å². The average Bonchev–Trinajstić information content (AvgIpc) is 3.58. The molecule has 7 atom stereocenters. The molecule has 11 heteroatoms. The zero-order valence-electron chi connectivity index (χ0n) is 18.9. The van der Waals surface area contributed by atoms with E-state index in [1.54, 1.807) is 11.8 Å². The Hall–Kier alpha value is -2.37. The van der Waals surface area contributed by atoms with Crippen molar-refractivity contribution in [2.24, 2.45) is 29.6 Å². The Bertz CT molecular complexity index is 1520. The molecule has 4 aliphatic rings. The molecule has 1 N–H and O–H groups in total. The summed E-state index contributed by atoms with van der Waals surface area (Å²) < 4.78 is 41.0. The fraction of sp³-hybridized carbons (Fsp3) is 0.346. The fourth-order valence-corrected chi connectivity index (χ4v) is 10.3. The number of halogens is 4. The molecule has 1 aromatic heterocycles. The molecule has 190 valence electrons. The van der Waals surface area contributed by atoms with Crippen LogP contribution in [0.15, 0.2) is 62.8 Å². The predicted molar refractivity (Wildman–Crippen MR) is 137 cm³/mol. The highest BCUT2D eigenvalue weighted by Crippen LogP contribution is 2.68. The van der Waals surface area contributed by atoms with Crippen LogP contribution in [0.2, 0.25) is 0 Å². The third kappa shape index (κ3) is 3.39. The largest absolute Gasteiger partial charge is 0.416 e.